The van der Waals surface area contributed by atoms with Crippen LogP contribution in [-0.4, -0.2) is 40.8 Å². The van der Waals surface area contributed by atoms with Crippen LogP contribution < -0.4 is 20.5 Å². The number of alkyl halides is 3. The van der Waals surface area contributed by atoms with Gasteiger partial charge in [-0.2, -0.15) is 18.3 Å². The van der Waals surface area contributed by atoms with E-state index in [9.17, 15) is 22.8 Å². The van der Waals surface area contributed by atoms with Gasteiger partial charge >= 0.3 is 6.18 Å². The summed E-state index contributed by atoms with van der Waals surface area (Å²) < 4.78 is 39.3. The lowest BCUT2D eigenvalue weighted by Gasteiger charge is -2.33. The average molecular weight is 538 g/mol. The number of carbonyl (C=O) groups excluding carboxylic acids is 2. The molecule has 2 aliphatic rings. The Kier molecular flexibility index (Phi) is 6.28. The van der Waals surface area contributed by atoms with Crippen LogP contribution in [0.15, 0.2) is 53.9 Å². The number of pyridine rings is 2. The number of halogens is 3. The van der Waals surface area contributed by atoms with Crippen LogP contribution >= 0.6 is 0 Å². The van der Waals surface area contributed by atoms with Crippen molar-refractivity contribution in [2.24, 2.45) is 10.5 Å². The van der Waals surface area contributed by atoms with E-state index in [1.54, 1.807) is 30.4 Å². The summed E-state index contributed by atoms with van der Waals surface area (Å²) in [6.07, 6.45) is -0.288. The fraction of sp³-hybridized carbons (Fsp3) is 0.296. The fourth-order valence-corrected chi connectivity index (χ4v) is 4.78. The number of aryl methyl sites for hydroxylation is 1. The van der Waals surface area contributed by atoms with Gasteiger partial charge in [-0.05, 0) is 58.0 Å². The number of aromatic nitrogens is 2. The van der Waals surface area contributed by atoms with Crippen LogP contribution in [-0.2, 0) is 11.0 Å². The van der Waals surface area contributed by atoms with Crippen molar-refractivity contribution in [3.63, 3.8) is 0 Å². The first-order valence-corrected chi connectivity index (χ1v) is 12.3. The van der Waals surface area contributed by atoms with Crippen LogP contribution in [0.25, 0.3) is 11.1 Å². The number of benzene rings is 1. The number of hydrogen-bond acceptors (Lipinski definition) is 7. The predicted molar refractivity (Wildman–Crippen MR) is 141 cm³/mol. The highest BCUT2D eigenvalue weighted by Gasteiger charge is 2.48. The third-order valence-electron chi connectivity index (χ3n) is 6.94. The molecule has 39 heavy (non-hydrogen) atoms. The van der Waals surface area contributed by atoms with Crippen LogP contribution in [0.1, 0.15) is 42.4 Å². The summed E-state index contributed by atoms with van der Waals surface area (Å²) >= 11 is 0. The number of hydrazone groups is 1. The SMILES string of the molecule is CCN1C(=O)C(C)(C)C2NN=CN2c2cc(-c3cc(NC(=O)c4cccc(C(F)(F)F)c4)cnc3C)cnc21. The minimum Gasteiger partial charge on any atom is -0.321 e. The Labute approximate surface area is 222 Å². The first-order chi connectivity index (χ1) is 18.4. The number of rotatable bonds is 4. The van der Waals surface area contributed by atoms with Gasteiger partial charge in [0.1, 0.15) is 12.5 Å². The summed E-state index contributed by atoms with van der Waals surface area (Å²) in [5.74, 6) is -0.287. The second-order valence-corrected chi connectivity index (χ2v) is 9.91. The van der Waals surface area contributed by atoms with Crippen molar-refractivity contribution in [3.05, 3.63) is 65.6 Å². The Morgan fingerprint density at radius 1 is 1.15 bits per heavy atom. The number of fused-ring (bicyclic) bond motifs is 3. The summed E-state index contributed by atoms with van der Waals surface area (Å²) in [7, 11) is 0. The van der Waals surface area contributed by atoms with Crippen molar-refractivity contribution >= 4 is 35.3 Å². The molecule has 2 N–H and O–H groups in total. The Balaban J connectivity index is 1.51. The second kappa shape index (κ2) is 9.37. The zero-order valence-electron chi connectivity index (χ0n) is 21.7. The van der Waals surface area contributed by atoms with E-state index in [4.69, 9.17) is 0 Å². The van der Waals surface area contributed by atoms with E-state index in [-0.39, 0.29) is 11.5 Å². The molecule has 1 unspecified atom stereocenters. The van der Waals surface area contributed by atoms with Gasteiger partial charge in [0.2, 0.25) is 5.91 Å². The van der Waals surface area contributed by atoms with E-state index in [0.29, 0.717) is 40.6 Å². The molecule has 0 fully saturated rings. The Morgan fingerprint density at radius 2 is 1.92 bits per heavy atom. The quantitative estimate of drug-likeness (QED) is 0.496. The van der Waals surface area contributed by atoms with Gasteiger partial charge in [0.15, 0.2) is 5.82 Å². The molecule has 0 radical (unpaired) electrons. The number of anilines is 3. The van der Waals surface area contributed by atoms with E-state index < -0.39 is 29.2 Å². The summed E-state index contributed by atoms with van der Waals surface area (Å²) in [5, 5.41) is 6.82. The molecule has 4 heterocycles. The molecule has 2 aromatic heterocycles. The number of amides is 2. The topological polar surface area (TPSA) is 103 Å². The molecule has 5 rings (SSSR count). The van der Waals surface area contributed by atoms with Crippen molar-refractivity contribution in [1.29, 1.82) is 0 Å². The molecule has 9 nitrogen and oxygen atoms in total. The normalized spacial score (nSPS) is 17.8. The van der Waals surface area contributed by atoms with Crippen LogP contribution in [0.4, 0.5) is 30.4 Å². The minimum absolute atomic E-state index is 0.0888. The molecule has 1 aromatic carbocycles. The molecule has 202 valence electrons. The molecule has 0 spiro atoms. The Bertz CT molecular complexity index is 1500. The molecule has 3 aromatic rings. The van der Waals surface area contributed by atoms with Gasteiger partial charge in [0, 0.05) is 35.1 Å². The fourth-order valence-electron chi connectivity index (χ4n) is 4.78. The smallest absolute Gasteiger partial charge is 0.321 e. The van der Waals surface area contributed by atoms with Crippen LogP contribution in [0, 0.1) is 12.3 Å². The molecule has 2 amide bonds. The van der Waals surface area contributed by atoms with Crippen molar-refractivity contribution in [2.75, 3.05) is 21.7 Å². The maximum absolute atomic E-state index is 13.4. The third kappa shape index (κ3) is 4.55. The van der Waals surface area contributed by atoms with Crippen molar-refractivity contribution < 1.29 is 22.8 Å². The average Bonchev–Trinajstić information content (AvgIpc) is 3.39. The molecule has 0 saturated carbocycles. The molecule has 1 atom stereocenters. The van der Waals surface area contributed by atoms with E-state index in [2.05, 4.69) is 25.8 Å². The predicted octanol–water partition coefficient (Wildman–Crippen LogP) is 4.79. The minimum atomic E-state index is -4.56. The highest BCUT2D eigenvalue weighted by Crippen LogP contribution is 2.42. The van der Waals surface area contributed by atoms with E-state index in [1.165, 1.54) is 18.3 Å². The lowest BCUT2D eigenvalue weighted by molar-refractivity contribution is -0.137. The molecular weight excluding hydrogens is 511 g/mol. The van der Waals surface area contributed by atoms with Crippen molar-refractivity contribution in [1.82, 2.24) is 15.4 Å². The second-order valence-electron chi connectivity index (χ2n) is 9.91. The van der Waals surface area contributed by atoms with Gasteiger partial charge in [-0.3, -0.25) is 24.9 Å². The van der Waals surface area contributed by atoms with Crippen LogP contribution in [0.2, 0.25) is 0 Å². The van der Waals surface area contributed by atoms with Gasteiger partial charge in [-0.1, -0.05) is 6.07 Å². The number of nitrogens with zero attached hydrogens (tertiary/aromatic N) is 5. The van der Waals surface area contributed by atoms with Crippen LogP contribution in [0.5, 0.6) is 0 Å². The Hall–Kier alpha value is -4.48. The largest absolute Gasteiger partial charge is 0.416 e. The summed E-state index contributed by atoms with van der Waals surface area (Å²) in [6.45, 7) is 7.82. The Morgan fingerprint density at radius 3 is 2.64 bits per heavy atom. The molecular formula is C27H26F3N7O2. The first-order valence-electron chi connectivity index (χ1n) is 12.3. The molecule has 0 bridgehead atoms. The highest BCUT2D eigenvalue weighted by molar-refractivity contribution is 6.06. The van der Waals surface area contributed by atoms with Crippen LogP contribution in [0.3, 0.4) is 0 Å². The number of carbonyl (C=O) groups is 2. The first kappa shape index (κ1) is 26.1. The van der Waals surface area contributed by atoms with Crippen molar-refractivity contribution in [2.45, 2.75) is 40.0 Å². The van der Waals surface area contributed by atoms with Gasteiger partial charge in [-0.15, -0.1) is 0 Å². The van der Waals surface area contributed by atoms with E-state index in [0.717, 1.165) is 12.1 Å². The monoisotopic (exact) mass is 537 g/mol. The highest BCUT2D eigenvalue weighted by atomic mass is 19.4. The standard InChI is InChI=1S/C27H26F3N7O2/c1-5-36-22-21(37-14-33-35-24(37)26(3,4)25(36)39)10-17(12-32-22)20-11-19(13-31-15(20)2)34-23(38)16-7-6-8-18(9-16)27(28,29)30/h6-14,24,35H,5H2,1-4H3,(H,34,38). The number of hydrogen-bond donors (Lipinski definition) is 2. The molecule has 2 aliphatic heterocycles. The summed E-state index contributed by atoms with van der Waals surface area (Å²) in [4.78, 5) is 38.7. The lowest BCUT2D eigenvalue weighted by Crippen LogP contribution is -2.53. The van der Waals surface area contributed by atoms with Gasteiger partial charge in [0.05, 0.1) is 28.6 Å². The van der Waals surface area contributed by atoms with Gasteiger partial charge in [-0.25, -0.2) is 4.98 Å². The lowest BCUT2D eigenvalue weighted by atomic mass is 9.87. The molecule has 0 aliphatic carbocycles. The summed E-state index contributed by atoms with van der Waals surface area (Å²) in [6, 6.07) is 7.79. The number of nitrogens with one attached hydrogen (secondary N) is 2. The zero-order chi connectivity index (χ0) is 28.1. The van der Waals surface area contributed by atoms with Gasteiger partial charge < -0.3 is 10.2 Å². The van der Waals surface area contributed by atoms with Crippen molar-refractivity contribution in [3.8, 4) is 11.1 Å². The van der Waals surface area contributed by atoms with Gasteiger partial charge in [0.25, 0.3) is 5.91 Å². The van der Waals surface area contributed by atoms with E-state index in [1.807, 2.05) is 31.7 Å². The maximum atomic E-state index is 13.4. The van der Waals surface area contributed by atoms with E-state index >= 15 is 0 Å². The zero-order valence-corrected chi connectivity index (χ0v) is 21.7. The summed E-state index contributed by atoms with van der Waals surface area (Å²) in [5.41, 5.74) is 4.15. The maximum Gasteiger partial charge on any atom is 0.416 e. The third-order valence-corrected chi connectivity index (χ3v) is 6.94. The molecule has 0 saturated heterocycles. The molecule has 12 heteroatoms.